The number of nitrogens with one attached hydrogen (secondary N) is 2. The van der Waals surface area contributed by atoms with Gasteiger partial charge >= 0.3 is 24.6 Å². The lowest BCUT2D eigenvalue weighted by Crippen LogP contribution is -2.63. The fourth-order valence-electron chi connectivity index (χ4n) is 4.52. The van der Waals surface area contributed by atoms with E-state index in [9.17, 15) is 49.4 Å². The summed E-state index contributed by atoms with van der Waals surface area (Å²) in [5, 5.41) is 13.6. The van der Waals surface area contributed by atoms with Crippen LogP contribution in [-0.4, -0.2) is 41.3 Å². The van der Waals surface area contributed by atoms with E-state index in [1.807, 2.05) is 5.48 Å². The summed E-state index contributed by atoms with van der Waals surface area (Å²) in [6.45, 7) is -0.0492. The van der Waals surface area contributed by atoms with Crippen LogP contribution in [0.25, 0.3) is 5.70 Å². The second-order valence-corrected chi connectivity index (χ2v) is 9.98. The van der Waals surface area contributed by atoms with E-state index in [0.717, 1.165) is 12.8 Å². The molecule has 6 nitrogen and oxygen atoms in total. The molecule has 0 bridgehead atoms. The molecule has 40 heavy (non-hydrogen) atoms. The fourth-order valence-corrected chi connectivity index (χ4v) is 4.52. The Morgan fingerprint density at radius 1 is 0.900 bits per heavy atom. The Balaban J connectivity index is 1.44. The average Bonchev–Trinajstić information content (AvgIpc) is 3.52. The van der Waals surface area contributed by atoms with Crippen molar-refractivity contribution in [2.45, 2.75) is 48.6 Å². The van der Waals surface area contributed by atoms with Crippen molar-refractivity contribution in [3.05, 3.63) is 76.4 Å². The van der Waals surface area contributed by atoms with Gasteiger partial charge in [-0.1, -0.05) is 24.3 Å². The van der Waals surface area contributed by atoms with Crippen LogP contribution in [0.4, 0.5) is 44.3 Å². The normalized spacial score (nSPS) is 22.9. The molecule has 2 amide bonds. The Morgan fingerprint density at radius 3 is 1.93 bits per heavy atom. The van der Waals surface area contributed by atoms with Crippen LogP contribution in [0.1, 0.15) is 40.7 Å². The van der Waals surface area contributed by atoms with E-state index in [4.69, 9.17) is 4.84 Å². The zero-order valence-electron chi connectivity index (χ0n) is 20.1. The summed E-state index contributed by atoms with van der Waals surface area (Å²) in [5.74, 6) is 0. The quantitative estimate of drug-likeness (QED) is 0.421. The number of hydrogen-bond acceptors (Lipinski definition) is 4. The van der Waals surface area contributed by atoms with Crippen molar-refractivity contribution in [3.63, 3.8) is 0 Å². The second kappa shape index (κ2) is 9.03. The molecule has 15 heteroatoms. The van der Waals surface area contributed by atoms with Crippen LogP contribution in [0.2, 0.25) is 0 Å². The number of halogens is 9. The van der Waals surface area contributed by atoms with Crippen LogP contribution in [0, 0.1) is 0 Å². The van der Waals surface area contributed by atoms with Crippen molar-refractivity contribution < 1.29 is 54.3 Å². The van der Waals surface area contributed by atoms with Crippen LogP contribution in [0.3, 0.4) is 0 Å². The summed E-state index contributed by atoms with van der Waals surface area (Å²) in [7, 11) is 0. The molecule has 1 saturated carbocycles. The van der Waals surface area contributed by atoms with Gasteiger partial charge in [-0.05, 0) is 48.2 Å². The number of hydroxylamine groups is 1. The molecule has 2 aromatic rings. The summed E-state index contributed by atoms with van der Waals surface area (Å²) in [6, 6.07) is 4.80. The van der Waals surface area contributed by atoms with Gasteiger partial charge in [-0.25, -0.2) is 4.79 Å². The first-order chi connectivity index (χ1) is 18.4. The first-order valence-electron chi connectivity index (χ1n) is 11.8. The first kappa shape index (κ1) is 28.1. The zero-order valence-corrected chi connectivity index (χ0v) is 20.1. The third-order valence-electron chi connectivity index (χ3n) is 6.94. The lowest BCUT2D eigenvalue weighted by atomic mass is 9.85. The minimum atomic E-state index is -5.47. The molecule has 216 valence electrons. The minimum absolute atomic E-state index is 0.0246. The standard InChI is InChI=1S/C25H20F9N3O3/c26-23(27,28)16-7-15(8-17(9-16)24(29,30)31)22(25(32,33)34)10-19(36-40-22)13-1-3-14(4-2-13)21(39)11-37(12-21)20(38)35-18-5-6-18/h1-4,7-10,18,36,39H,5-6,11-12H2,(H,35,38). The van der Waals surface area contributed by atoms with Gasteiger partial charge in [0.05, 0.1) is 29.9 Å². The van der Waals surface area contributed by atoms with E-state index in [-0.39, 0.29) is 54.6 Å². The smallest absolute Gasteiger partial charge is 0.381 e. The first-order valence-corrected chi connectivity index (χ1v) is 11.8. The second-order valence-electron chi connectivity index (χ2n) is 9.98. The molecule has 1 saturated heterocycles. The van der Waals surface area contributed by atoms with Crippen LogP contribution in [0.15, 0.2) is 48.5 Å². The number of rotatable bonds is 4. The van der Waals surface area contributed by atoms with Crippen molar-refractivity contribution in [2.24, 2.45) is 0 Å². The number of benzene rings is 2. The molecule has 2 fully saturated rings. The third-order valence-corrected chi connectivity index (χ3v) is 6.94. The van der Waals surface area contributed by atoms with E-state index >= 15 is 0 Å². The highest BCUT2D eigenvalue weighted by Gasteiger charge is 2.60. The van der Waals surface area contributed by atoms with E-state index in [1.54, 1.807) is 0 Å². The maximum absolute atomic E-state index is 14.3. The monoisotopic (exact) mass is 581 g/mol. The number of β-amino-alcohol motifs (C(OH)–C–C–N with tert-alkyl or cyclic N) is 1. The number of carbonyl (C=O) groups excluding carboxylic acids is 1. The highest BCUT2D eigenvalue weighted by atomic mass is 19.4. The molecule has 0 spiro atoms. The predicted molar refractivity (Wildman–Crippen MR) is 120 cm³/mol. The van der Waals surface area contributed by atoms with Crippen LogP contribution in [-0.2, 0) is 28.4 Å². The summed E-state index contributed by atoms with van der Waals surface area (Å²) >= 11 is 0. The van der Waals surface area contributed by atoms with E-state index < -0.39 is 46.4 Å². The van der Waals surface area contributed by atoms with Crippen molar-refractivity contribution >= 4 is 11.7 Å². The Morgan fingerprint density at radius 2 is 1.45 bits per heavy atom. The van der Waals surface area contributed by atoms with Crippen LogP contribution < -0.4 is 10.8 Å². The van der Waals surface area contributed by atoms with E-state index in [0.29, 0.717) is 11.6 Å². The average molecular weight is 581 g/mol. The molecule has 0 radical (unpaired) electrons. The minimum Gasteiger partial charge on any atom is -0.381 e. The number of hydrogen-bond donors (Lipinski definition) is 3. The van der Waals surface area contributed by atoms with Gasteiger partial charge < -0.3 is 15.3 Å². The molecular weight excluding hydrogens is 561 g/mol. The number of urea groups is 1. The van der Waals surface area contributed by atoms with Gasteiger partial charge in [0.15, 0.2) is 0 Å². The number of amides is 2. The predicted octanol–water partition coefficient (Wildman–Crippen LogP) is 5.43. The molecule has 1 unspecified atom stereocenters. The van der Waals surface area contributed by atoms with Crippen molar-refractivity contribution in [1.82, 2.24) is 15.7 Å². The van der Waals surface area contributed by atoms with Gasteiger partial charge in [0.2, 0.25) is 5.60 Å². The SMILES string of the molecule is O=C(NC1CC1)N1CC(O)(c2ccc(C3=CC(c4cc(C(F)(F)F)cc(C(F)(F)F)c4)(C(F)(F)F)ON3)cc2)C1. The lowest BCUT2D eigenvalue weighted by Gasteiger charge is -2.46. The number of nitrogens with zero attached hydrogens (tertiary/aromatic N) is 1. The maximum Gasteiger partial charge on any atom is 0.428 e. The third kappa shape index (κ3) is 5.07. The molecule has 2 heterocycles. The fraction of sp³-hybridized carbons (Fsp3) is 0.400. The molecule has 2 aliphatic heterocycles. The Kier molecular flexibility index (Phi) is 6.34. The van der Waals surface area contributed by atoms with Gasteiger partial charge in [0.1, 0.15) is 5.60 Å². The molecule has 1 atom stereocenters. The van der Waals surface area contributed by atoms with Crippen molar-refractivity contribution in [3.8, 4) is 0 Å². The largest absolute Gasteiger partial charge is 0.428 e. The van der Waals surface area contributed by atoms with Gasteiger partial charge in [-0.2, -0.15) is 39.5 Å². The number of aliphatic hydroxyl groups is 1. The topological polar surface area (TPSA) is 73.8 Å². The van der Waals surface area contributed by atoms with Crippen LogP contribution in [0.5, 0.6) is 0 Å². The molecule has 2 aromatic carbocycles. The van der Waals surface area contributed by atoms with Gasteiger partial charge in [-0.15, -0.1) is 0 Å². The van der Waals surface area contributed by atoms with Gasteiger partial charge in [0, 0.05) is 11.6 Å². The molecular formula is C25H20F9N3O3. The van der Waals surface area contributed by atoms with Crippen LogP contribution >= 0.6 is 0 Å². The molecule has 3 aliphatic rings. The summed E-state index contributed by atoms with van der Waals surface area (Å²) < 4.78 is 123. The Hall–Kier alpha value is -3.46. The van der Waals surface area contributed by atoms with E-state index in [2.05, 4.69) is 5.32 Å². The maximum atomic E-state index is 14.3. The van der Waals surface area contributed by atoms with Crippen molar-refractivity contribution in [1.29, 1.82) is 0 Å². The number of likely N-dealkylation sites (tertiary alicyclic amines) is 1. The van der Waals surface area contributed by atoms with Gasteiger partial charge in [-0.3, -0.25) is 10.3 Å². The molecule has 5 rings (SSSR count). The number of carbonyl (C=O) groups is 1. The highest BCUT2D eigenvalue weighted by molar-refractivity contribution is 5.76. The zero-order chi connectivity index (χ0) is 29.3. The Labute approximate surface area is 220 Å². The molecule has 3 N–H and O–H groups in total. The Bertz CT molecular complexity index is 1310. The van der Waals surface area contributed by atoms with Crippen molar-refractivity contribution in [2.75, 3.05) is 13.1 Å². The highest BCUT2D eigenvalue weighted by Crippen LogP contribution is 2.49. The summed E-state index contributed by atoms with van der Waals surface area (Å²) in [6.07, 6.45) is -14.1. The summed E-state index contributed by atoms with van der Waals surface area (Å²) in [4.78, 5) is 18.2. The van der Waals surface area contributed by atoms with E-state index in [1.165, 1.54) is 29.2 Å². The van der Waals surface area contributed by atoms with Gasteiger partial charge in [0.25, 0.3) is 0 Å². The lowest BCUT2D eigenvalue weighted by molar-refractivity contribution is -0.269. The summed E-state index contributed by atoms with van der Waals surface area (Å²) in [5.41, 5.74) is -8.37. The molecule has 0 aromatic heterocycles. The number of alkyl halides is 9. The molecule has 1 aliphatic carbocycles.